The largest absolute Gasteiger partial charge is 0.484 e. The van der Waals surface area contributed by atoms with Crippen LogP contribution in [0, 0.1) is 19.7 Å². The Balaban J connectivity index is 1.88. The summed E-state index contributed by atoms with van der Waals surface area (Å²) < 4.78 is 18.1. The number of amides is 1. The zero-order valence-corrected chi connectivity index (χ0v) is 13.0. The summed E-state index contributed by atoms with van der Waals surface area (Å²) >= 11 is 0. The van der Waals surface area contributed by atoms with Gasteiger partial charge >= 0.3 is 0 Å². The van der Waals surface area contributed by atoms with Crippen molar-refractivity contribution in [1.82, 2.24) is 5.32 Å². The van der Waals surface area contributed by atoms with Gasteiger partial charge in [0.2, 0.25) is 0 Å². The lowest BCUT2D eigenvalue weighted by atomic mass is 10.0. The predicted octanol–water partition coefficient (Wildman–Crippen LogP) is 3.70. The molecule has 0 unspecified atom stereocenters. The van der Waals surface area contributed by atoms with Gasteiger partial charge < -0.3 is 10.1 Å². The molecular formula is C18H20FNO2. The molecule has 22 heavy (non-hydrogen) atoms. The molecule has 0 aromatic heterocycles. The highest BCUT2D eigenvalue weighted by molar-refractivity contribution is 5.78. The second-order valence-corrected chi connectivity index (χ2v) is 5.38. The Morgan fingerprint density at radius 1 is 1.14 bits per heavy atom. The summed E-state index contributed by atoms with van der Waals surface area (Å²) in [5.41, 5.74) is 3.47. The van der Waals surface area contributed by atoms with Crippen LogP contribution in [0.3, 0.4) is 0 Å². The van der Waals surface area contributed by atoms with E-state index in [4.69, 9.17) is 4.74 Å². The van der Waals surface area contributed by atoms with Crippen LogP contribution in [0.25, 0.3) is 0 Å². The molecule has 2 rings (SSSR count). The summed E-state index contributed by atoms with van der Waals surface area (Å²) in [7, 11) is 0. The molecule has 0 saturated heterocycles. The number of aryl methyl sites for hydroxylation is 2. The summed E-state index contributed by atoms with van der Waals surface area (Å²) in [6.45, 7) is 5.94. The van der Waals surface area contributed by atoms with Gasteiger partial charge in [-0.15, -0.1) is 0 Å². The highest BCUT2D eigenvalue weighted by Gasteiger charge is 2.11. The summed E-state index contributed by atoms with van der Waals surface area (Å²) in [5.74, 6) is -0.0781. The summed E-state index contributed by atoms with van der Waals surface area (Å²) in [6.07, 6.45) is 0. The molecule has 116 valence electrons. The number of hydrogen-bond acceptors (Lipinski definition) is 2. The zero-order chi connectivity index (χ0) is 16.1. The van der Waals surface area contributed by atoms with E-state index in [0.717, 1.165) is 5.56 Å². The number of ether oxygens (including phenoxy) is 1. The fourth-order valence-corrected chi connectivity index (χ4v) is 2.08. The van der Waals surface area contributed by atoms with Crippen molar-refractivity contribution in [3.05, 3.63) is 65.0 Å². The fourth-order valence-electron chi connectivity index (χ4n) is 2.08. The summed E-state index contributed by atoms with van der Waals surface area (Å²) in [5, 5.41) is 2.89. The van der Waals surface area contributed by atoms with Crippen LogP contribution in [-0.2, 0) is 4.79 Å². The van der Waals surface area contributed by atoms with Crippen LogP contribution in [0.2, 0.25) is 0 Å². The molecule has 0 radical (unpaired) electrons. The molecule has 1 atom stereocenters. The van der Waals surface area contributed by atoms with Gasteiger partial charge in [-0.2, -0.15) is 0 Å². The van der Waals surface area contributed by atoms with E-state index in [2.05, 4.69) is 18.3 Å². The highest BCUT2D eigenvalue weighted by Crippen LogP contribution is 2.17. The first-order valence-corrected chi connectivity index (χ1v) is 7.20. The van der Waals surface area contributed by atoms with Crippen LogP contribution >= 0.6 is 0 Å². The van der Waals surface area contributed by atoms with Gasteiger partial charge in [0.05, 0.1) is 6.04 Å². The van der Waals surface area contributed by atoms with Crippen molar-refractivity contribution in [3.8, 4) is 5.75 Å². The van der Waals surface area contributed by atoms with Crippen LogP contribution < -0.4 is 10.1 Å². The van der Waals surface area contributed by atoms with E-state index in [1.807, 2.05) is 26.0 Å². The van der Waals surface area contributed by atoms with Gasteiger partial charge in [-0.25, -0.2) is 4.39 Å². The fraction of sp³-hybridized carbons (Fsp3) is 0.278. The van der Waals surface area contributed by atoms with Crippen molar-refractivity contribution in [2.75, 3.05) is 6.61 Å². The molecule has 0 heterocycles. The summed E-state index contributed by atoms with van der Waals surface area (Å²) in [4.78, 5) is 11.9. The van der Waals surface area contributed by atoms with Crippen molar-refractivity contribution in [3.63, 3.8) is 0 Å². The molecule has 0 aliphatic heterocycles. The molecule has 2 aromatic rings. The van der Waals surface area contributed by atoms with E-state index in [9.17, 15) is 9.18 Å². The quantitative estimate of drug-likeness (QED) is 0.914. The zero-order valence-electron chi connectivity index (χ0n) is 13.0. The van der Waals surface area contributed by atoms with Gasteiger partial charge in [0.1, 0.15) is 11.6 Å². The maximum atomic E-state index is 12.8. The average molecular weight is 301 g/mol. The van der Waals surface area contributed by atoms with Gasteiger partial charge in [0.15, 0.2) is 6.61 Å². The van der Waals surface area contributed by atoms with Crippen molar-refractivity contribution in [1.29, 1.82) is 0 Å². The second kappa shape index (κ2) is 7.07. The van der Waals surface area contributed by atoms with Crippen LogP contribution in [0.4, 0.5) is 4.39 Å². The van der Waals surface area contributed by atoms with E-state index in [1.54, 1.807) is 0 Å². The van der Waals surface area contributed by atoms with Crippen LogP contribution in [0.5, 0.6) is 5.75 Å². The number of hydrogen-bond donors (Lipinski definition) is 1. The van der Waals surface area contributed by atoms with Gasteiger partial charge in [0, 0.05) is 0 Å². The minimum Gasteiger partial charge on any atom is -0.484 e. The standard InChI is InChI=1S/C18H20FNO2/c1-12-4-5-15(10-13(12)2)14(3)20-18(21)11-22-17-8-6-16(19)7-9-17/h4-10,14H,11H2,1-3H3,(H,20,21)/t14-/m1/s1. The Morgan fingerprint density at radius 3 is 2.45 bits per heavy atom. The number of halogens is 1. The van der Waals surface area contributed by atoms with Gasteiger partial charge in [0.25, 0.3) is 5.91 Å². The Morgan fingerprint density at radius 2 is 1.82 bits per heavy atom. The molecule has 2 aromatic carbocycles. The third-order valence-corrected chi connectivity index (χ3v) is 3.59. The number of carbonyl (C=O) groups is 1. The molecule has 1 N–H and O–H groups in total. The lowest BCUT2D eigenvalue weighted by molar-refractivity contribution is -0.123. The Kier molecular flexibility index (Phi) is 5.15. The first kappa shape index (κ1) is 16.0. The predicted molar refractivity (Wildman–Crippen MR) is 84.4 cm³/mol. The highest BCUT2D eigenvalue weighted by atomic mass is 19.1. The van der Waals surface area contributed by atoms with Crippen molar-refractivity contribution >= 4 is 5.91 Å². The minimum atomic E-state index is -0.333. The maximum absolute atomic E-state index is 12.8. The Labute approximate surface area is 130 Å². The molecular weight excluding hydrogens is 281 g/mol. The molecule has 0 saturated carbocycles. The van der Waals surface area contributed by atoms with Crippen LogP contribution in [0.1, 0.15) is 29.7 Å². The van der Waals surface area contributed by atoms with E-state index in [1.165, 1.54) is 35.4 Å². The average Bonchev–Trinajstić information content (AvgIpc) is 2.49. The molecule has 4 heteroatoms. The molecule has 0 bridgehead atoms. The minimum absolute atomic E-state index is 0.0939. The normalized spacial score (nSPS) is 11.8. The third kappa shape index (κ3) is 4.32. The van der Waals surface area contributed by atoms with Crippen molar-refractivity contribution < 1.29 is 13.9 Å². The monoisotopic (exact) mass is 301 g/mol. The Hall–Kier alpha value is -2.36. The molecule has 3 nitrogen and oxygen atoms in total. The maximum Gasteiger partial charge on any atom is 0.258 e. The first-order valence-electron chi connectivity index (χ1n) is 7.20. The lowest BCUT2D eigenvalue weighted by Crippen LogP contribution is -2.31. The number of carbonyl (C=O) groups excluding carboxylic acids is 1. The van der Waals surface area contributed by atoms with Crippen molar-refractivity contribution in [2.45, 2.75) is 26.8 Å². The SMILES string of the molecule is Cc1ccc([C@@H](C)NC(=O)COc2ccc(F)cc2)cc1C. The van der Waals surface area contributed by atoms with Gasteiger partial charge in [-0.05, 0) is 61.7 Å². The van der Waals surface area contributed by atoms with Gasteiger partial charge in [-0.3, -0.25) is 4.79 Å². The molecule has 1 amide bonds. The second-order valence-electron chi connectivity index (χ2n) is 5.38. The van der Waals surface area contributed by atoms with Crippen LogP contribution in [0.15, 0.2) is 42.5 Å². The van der Waals surface area contributed by atoms with E-state index < -0.39 is 0 Å². The molecule has 0 spiro atoms. The third-order valence-electron chi connectivity index (χ3n) is 3.59. The molecule has 0 aliphatic rings. The van der Waals surface area contributed by atoms with E-state index in [0.29, 0.717) is 5.75 Å². The van der Waals surface area contributed by atoms with Gasteiger partial charge in [-0.1, -0.05) is 18.2 Å². The lowest BCUT2D eigenvalue weighted by Gasteiger charge is -2.16. The molecule has 0 aliphatic carbocycles. The van der Waals surface area contributed by atoms with E-state index in [-0.39, 0.29) is 24.4 Å². The number of rotatable bonds is 5. The smallest absolute Gasteiger partial charge is 0.258 e. The molecule has 0 fully saturated rings. The van der Waals surface area contributed by atoms with Crippen molar-refractivity contribution in [2.24, 2.45) is 0 Å². The van der Waals surface area contributed by atoms with Crippen LogP contribution in [-0.4, -0.2) is 12.5 Å². The Bertz CT molecular complexity index is 653. The number of nitrogens with one attached hydrogen (secondary N) is 1. The van der Waals surface area contributed by atoms with E-state index >= 15 is 0 Å². The summed E-state index contributed by atoms with van der Waals surface area (Å²) in [6, 6.07) is 11.6. The first-order chi connectivity index (χ1) is 10.5. The topological polar surface area (TPSA) is 38.3 Å². The number of benzene rings is 2.